The Balaban J connectivity index is 2.47. The lowest BCUT2D eigenvalue weighted by Crippen LogP contribution is -2.50. The predicted molar refractivity (Wildman–Crippen MR) is 72.6 cm³/mol. The highest BCUT2D eigenvalue weighted by atomic mass is 79.9. The number of carboxylic acid groups (broad SMARTS) is 1. The molecular weight excluding hydrogens is 316 g/mol. The fraction of sp³-hybridized carbons (Fsp3) is 0.333. The van der Waals surface area contributed by atoms with Gasteiger partial charge in [0.2, 0.25) is 0 Å². The van der Waals surface area contributed by atoms with Gasteiger partial charge >= 0.3 is 12.0 Å². The Morgan fingerprint density at radius 1 is 1.32 bits per heavy atom. The van der Waals surface area contributed by atoms with Crippen molar-refractivity contribution >= 4 is 27.9 Å². The van der Waals surface area contributed by atoms with Crippen molar-refractivity contribution in [3.05, 3.63) is 34.3 Å². The SMILES string of the molecule is C[C@@H](O)[C@H](NC(=O)NCc1ccc(Br)cc1)C(=O)O. The number of aliphatic hydroxyl groups is 1. The summed E-state index contributed by atoms with van der Waals surface area (Å²) < 4.78 is 0.931. The molecule has 1 aromatic carbocycles. The molecule has 0 heterocycles. The Bertz CT molecular complexity index is 448. The molecule has 4 N–H and O–H groups in total. The van der Waals surface area contributed by atoms with Crippen LogP contribution in [0.2, 0.25) is 0 Å². The van der Waals surface area contributed by atoms with Crippen LogP contribution in [0.4, 0.5) is 4.79 Å². The summed E-state index contributed by atoms with van der Waals surface area (Å²) in [6.45, 7) is 1.57. The van der Waals surface area contributed by atoms with E-state index in [1.807, 2.05) is 24.3 Å². The fourth-order valence-electron chi connectivity index (χ4n) is 1.37. The molecule has 0 bridgehead atoms. The maximum absolute atomic E-state index is 11.5. The summed E-state index contributed by atoms with van der Waals surface area (Å²) in [5.41, 5.74) is 0.877. The number of hydrogen-bond acceptors (Lipinski definition) is 3. The third kappa shape index (κ3) is 5.27. The monoisotopic (exact) mass is 330 g/mol. The van der Waals surface area contributed by atoms with E-state index in [-0.39, 0.29) is 6.54 Å². The standard InChI is InChI=1S/C12H15BrN2O4/c1-7(16)10(11(17)18)15-12(19)14-6-8-2-4-9(13)5-3-8/h2-5,7,10,16H,6H2,1H3,(H,17,18)(H2,14,15,19)/t7-,10+/m1/s1. The summed E-state index contributed by atoms with van der Waals surface area (Å²) in [7, 11) is 0. The Hall–Kier alpha value is -1.60. The number of rotatable bonds is 5. The Morgan fingerprint density at radius 2 is 1.89 bits per heavy atom. The highest BCUT2D eigenvalue weighted by Crippen LogP contribution is 2.10. The number of carbonyl (C=O) groups excluding carboxylic acids is 1. The highest BCUT2D eigenvalue weighted by Gasteiger charge is 2.24. The first-order chi connectivity index (χ1) is 8.90. The van der Waals surface area contributed by atoms with Gasteiger partial charge in [0, 0.05) is 11.0 Å². The average molecular weight is 331 g/mol. The molecule has 0 spiro atoms. The molecule has 2 atom stereocenters. The van der Waals surface area contributed by atoms with Gasteiger partial charge < -0.3 is 20.8 Å². The molecule has 0 radical (unpaired) electrons. The molecule has 0 saturated carbocycles. The van der Waals surface area contributed by atoms with E-state index >= 15 is 0 Å². The van der Waals surface area contributed by atoms with E-state index in [1.165, 1.54) is 6.92 Å². The van der Waals surface area contributed by atoms with E-state index in [2.05, 4.69) is 26.6 Å². The van der Waals surface area contributed by atoms with Crippen LogP contribution in [0, 0.1) is 0 Å². The van der Waals surface area contributed by atoms with E-state index in [1.54, 1.807) is 0 Å². The number of carbonyl (C=O) groups is 2. The van der Waals surface area contributed by atoms with Crippen molar-refractivity contribution in [2.75, 3.05) is 0 Å². The Labute approximate surface area is 118 Å². The summed E-state index contributed by atoms with van der Waals surface area (Å²) in [5, 5.41) is 22.7. The second-order valence-electron chi connectivity index (χ2n) is 4.01. The van der Waals surface area contributed by atoms with Gasteiger partial charge in [-0.25, -0.2) is 9.59 Å². The number of hydrogen-bond donors (Lipinski definition) is 4. The summed E-state index contributed by atoms with van der Waals surface area (Å²) >= 11 is 3.30. The third-order valence-electron chi connectivity index (χ3n) is 2.40. The minimum absolute atomic E-state index is 0.269. The Morgan fingerprint density at radius 3 is 2.37 bits per heavy atom. The molecule has 6 nitrogen and oxygen atoms in total. The molecule has 2 amide bonds. The quantitative estimate of drug-likeness (QED) is 0.649. The van der Waals surface area contributed by atoms with Crippen LogP contribution in [0.15, 0.2) is 28.7 Å². The Kier molecular flexibility index (Phi) is 5.78. The molecule has 1 aromatic rings. The molecule has 0 aromatic heterocycles. The van der Waals surface area contributed by atoms with Gasteiger partial charge in [0.05, 0.1) is 6.10 Å². The number of halogens is 1. The van der Waals surface area contributed by atoms with Gasteiger partial charge in [-0.1, -0.05) is 28.1 Å². The predicted octanol–water partition coefficient (Wildman–Crippen LogP) is 1.08. The van der Waals surface area contributed by atoms with Crippen molar-refractivity contribution in [3.63, 3.8) is 0 Å². The molecule has 0 aliphatic rings. The molecule has 19 heavy (non-hydrogen) atoms. The maximum atomic E-state index is 11.5. The van der Waals surface area contributed by atoms with Crippen LogP contribution >= 0.6 is 15.9 Å². The van der Waals surface area contributed by atoms with Crippen LogP contribution < -0.4 is 10.6 Å². The van der Waals surface area contributed by atoms with Crippen molar-refractivity contribution in [2.24, 2.45) is 0 Å². The zero-order valence-electron chi connectivity index (χ0n) is 10.3. The number of aliphatic carboxylic acids is 1. The number of urea groups is 1. The van der Waals surface area contributed by atoms with Crippen LogP contribution in [-0.2, 0) is 11.3 Å². The second kappa shape index (κ2) is 7.10. The van der Waals surface area contributed by atoms with E-state index in [0.29, 0.717) is 0 Å². The molecule has 1 rings (SSSR count). The molecule has 0 aliphatic heterocycles. The summed E-state index contributed by atoms with van der Waals surface area (Å²) in [5.74, 6) is -1.28. The first kappa shape index (κ1) is 15.5. The summed E-state index contributed by atoms with van der Waals surface area (Å²) in [6, 6.07) is 5.36. The molecule has 104 valence electrons. The van der Waals surface area contributed by atoms with Crippen LogP contribution in [0.1, 0.15) is 12.5 Å². The molecular formula is C12H15BrN2O4. The topological polar surface area (TPSA) is 98.7 Å². The van der Waals surface area contributed by atoms with E-state index < -0.39 is 24.1 Å². The number of carboxylic acids is 1. The minimum atomic E-state index is -1.33. The summed E-state index contributed by atoms with van der Waals surface area (Å²) in [4.78, 5) is 22.3. The number of nitrogens with one attached hydrogen (secondary N) is 2. The summed E-state index contributed by atoms with van der Waals surface area (Å²) in [6.07, 6.45) is -1.17. The largest absolute Gasteiger partial charge is 0.480 e. The third-order valence-corrected chi connectivity index (χ3v) is 2.93. The lowest BCUT2D eigenvalue weighted by molar-refractivity contribution is -0.141. The van der Waals surface area contributed by atoms with Gasteiger partial charge in [-0.3, -0.25) is 0 Å². The maximum Gasteiger partial charge on any atom is 0.328 e. The van der Waals surface area contributed by atoms with Crippen LogP contribution in [0.3, 0.4) is 0 Å². The molecule has 0 fully saturated rings. The van der Waals surface area contributed by atoms with E-state index in [0.717, 1.165) is 10.0 Å². The first-order valence-electron chi connectivity index (χ1n) is 5.60. The van der Waals surface area contributed by atoms with Gasteiger partial charge in [0.1, 0.15) is 0 Å². The lowest BCUT2D eigenvalue weighted by atomic mass is 10.2. The van der Waals surface area contributed by atoms with Crippen LogP contribution in [0.5, 0.6) is 0 Å². The smallest absolute Gasteiger partial charge is 0.328 e. The van der Waals surface area contributed by atoms with Gasteiger partial charge in [-0.15, -0.1) is 0 Å². The van der Waals surface area contributed by atoms with Crippen molar-refractivity contribution in [1.82, 2.24) is 10.6 Å². The number of benzene rings is 1. The second-order valence-corrected chi connectivity index (χ2v) is 4.93. The van der Waals surface area contributed by atoms with E-state index in [9.17, 15) is 14.7 Å². The van der Waals surface area contributed by atoms with Crippen LogP contribution in [0.25, 0.3) is 0 Å². The first-order valence-corrected chi connectivity index (χ1v) is 6.39. The number of amides is 2. The molecule has 0 unspecified atom stereocenters. The molecule has 7 heteroatoms. The van der Waals surface area contributed by atoms with Crippen molar-refractivity contribution < 1.29 is 19.8 Å². The van der Waals surface area contributed by atoms with Gasteiger partial charge in [0.25, 0.3) is 0 Å². The van der Waals surface area contributed by atoms with Crippen molar-refractivity contribution in [2.45, 2.75) is 25.6 Å². The lowest BCUT2D eigenvalue weighted by Gasteiger charge is -2.17. The minimum Gasteiger partial charge on any atom is -0.480 e. The zero-order chi connectivity index (χ0) is 14.4. The van der Waals surface area contributed by atoms with Crippen molar-refractivity contribution in [1.29, 1.82) is 0 Å². The highest BCUT2D eigenvalue weighted by molar-refractivity contribution is 9.10. The zero-order valence-corrected chi connectivity index (χ0v) is 11.8. The average Bonchev–Trinajstić information content (AvgIpc) is 2.34. The van der Waals surface area contributed by atoms with Crippen LogP contribution in [-0.4, -0.2) is 34.4 Å². The number of aliphatic hydroxyl groups excluding tert-OH is 1. The molecule has 0 aliphatic carbocycles. The van der Waals surface area contributed by atoms with Gasteiger partial charge in [-0.2, -0.15) is 0 Å². The van der Waals surface area contributed by atoms with Crippen molar-refractivity contribution in [3.8, 4) is 0 Å². The van der Waals surface area contributed by atoms with Gasteiger partial charge in [0.15, 0.2) is 6.04 Å². The van der Waals surface area contributed by atoms with E-state index in [4.69, 9.17) is 5.11 Å². The fourth-order valence-corrected chi connectivity index (χ4v) is 1.63. The van der Waals surface area contributed by atoms with Gasteiger partial charge in [-0.05, 0) is 24.6 Å². The normalized spacial score (nSPS) is 13.4. The molecule has 0 saturated heterocycles.